The van der Waals surface area contributed by atoms with Gasteiger partial charge in [0.05, 0.1) is 16.4 Å². The maximum Gasteiger partial charge on any atom is 0.176 e. The molecule has 0 amide bonds. The second-order valence-electron chi connectivity index (χ2n) is 5.71. The molecule has 4 nitrogen and oxygen atoms in total. The van der Waals surface area contributed by atoms with Crippen molar-refractivity contribution in [2.75, 3.05) is 25.5 Å². The van der Waals surface area contributed by atoms with Crippen LogP contribution in [0.4, 0.5) is 14.5 Å². The van der Waals surface area contributed by atoms with Crippen LogP contribution in [0.3, 0.4) is 0 Å². The van der Waals surface area contributed by atoms with E-state index in [4.69, 9.17) is 0 Å². The fraction of sp³-hybridized carbons (Fsp3) is 0.471. The Bertz CT molecular complexity index is 687. The van der Waals surface area contributed by atoms with Gasteiger partial charge >= 0.3 is 0 Å². The second-order valence-corrected chi connectivity index (χ2v) is 6.59. The third-order valence-corrected chi connectivity index (χ3v) is 4.67. The Morgan fingerprint density at radius 3 is 2.96 bits per heavy atom. The molecule has 0 aliphatic carbocycles. The first kappa shape index (κ1) is 18.6. The fourth-order valence-corrected chi connectivity index (χ4v) is 2.95. The van der Waals surface area contributed by atoms with Crippen LogP contribution >= 0.6 is 11.3 Å². The van der Waals surface area contributed by atoms with Crippen molar-refractivity contribution in [2.45, 2.75) is 32.9 Å². The predicted octanol–water partition coefficient (Wildman–Crippen LogP) is 4.17. The van der Waals surface area contributed by atoms with E-state index in [2.05, 4.69) is 41.4 Å². The first-order chi connectivity index (χ1) is 11.5. The summed E-state index contributed by atoms with van der Waals surface area (Å²) < 4.78 is 28.7. The van der Waals surface area contributed by atoms with Crippen molar-refractivity contribution in [1.82, 2.24) is 15.2 Å². The van der Waals surface area contributed by atoms with Gasteiger partial charge in [-0.15, -0.1) is 11.3 Å². The van der Waals surface area contributed by atoms with Gasteiger partial charge in [-0.3, -0.25) is 4.90 Å². The maximum atomic E-state index is 14.2. The highest BCUT2D eigenvalue weighted by Crippen LogP contribution is 2.29. The predicted molar refractivity (Wildman–Crippen MR) is 97.3 cm³/mol. The van der Waals surface area contributed by atoms with E-state index in [1.54, 1.807) is 12.3 Å². The van der Waals surface area contributed by atoms with E-state index in [1.165, 1.54) is 22.9 Å². The summed E-state index contributed by atoms with van der Waals surface area (Å²) in [5.41, 5.74) is 1.58. The molecule has 1 aromatic heterocycles. The number of rotatable bonds is 9. The van der Waals surface area contributed by atoms with Gasteiger partial charge in [-0.2, -0.15) is 0 Å². The Morgan fingerprint density at radius 1 is 1.42 bits per heavy atom. The Morgan fingerprint density at radius 2 is 2.21 bits per heavy atom. The van der Waals surface area contributed by atoms with E-state index in [0.29, 0.717) is 11.2 Å². The van der Waals surface area contributed by atoms with Crippen molar-refractivity contribution in [3.8, 4) is 0 Å². The molecule has 1 unspecified atom stereocenters. The third kappa shape index (κ3) is 4.64. The van der Waals surface area contributed by atoms with Crippen molar-refractivity contribution in [1.29, 1.82) is 0 Å². The van der Waals surface area contributed by atoms with Crippen LogP contribution in [0.1, 0.15) is 26.7 Å². The summed E-state index contributed by atoms with van der Waals surface area (Å²) in [6.07, 6.45) is 6.13. The van der Waals surface area contributed by atoms with E-state index in [1.807, 2.05) is 0 Å². The van der Waals surface area contributed by atoms with E-state index in [9.17, 15) is 8.78 Å². The number of thiazole rings is 1. The lowest BCUT2D eigenvalue weighted by Crippen LogP contribution is -2.39. The van der Waals surface area contributed by atoms with E-state index in [-0.39, 0.29) is 17.4 Å². The molecule has 0 aliphatic heterocycles. The normalized spacial score (nSPS) is 13.1. The zero-order valence-corrected chi connectivity index (χ0v) is 15.1. The molecule has 0 saturated carbocycles. The minimum Gasteiger partial charge on any atom is -0.377 e. The molecule has 0 aliphatic rings. The molecule has 132 valence electrons. The van der Waals surface area contributed by atoms with Gasteiger partial charge in [0.2, 0.25) is 0 Å². The van der Waals surface area contributed by atoms with Crippen LogP contribution in [0.5, 0.6) is 0 Å². The van der Waals surface area contributed by atoms with Crippen LogP contribution in [-0.2, 0) is 0 Å². The molecule has 2 aromatic rings. The van der Waals surface area contributed by atoms with Gasteiger partial charge in [-0.25, -0.2) is 13.8 Å². The van der Waals surface area contributed by atoms with Gasteiger partial charge in [0.1, 0.15) is 11.2 Å². The van der Waals surface area contributed by atoms with Gasteiger partial charge in [0.25, 0.3) is 0 Å². The zero-order valence-electron chi connectivity index (χ0n) is 14.3. The molecule has 0 spiro atoms. The number of hydrogen-bond acceptors (Lipinski definition) is 5. The van der Waals surface area contributed by atoms with Crippen LogP contribution in [0.25, 0.3) is 10.2 Å². The number of halogens is 2. The average molecular weight is 354 g/mol. The minimum absolute atomic E-state index is 0.133. The number of nitrogens with zero attached hydrogens (tertiary/aromatic N) is 2. The van der Waals surface area contributed by atoms with Crippen molar-refractivity contribution < 1.29 is 8.78 Å². The molecule has 0 fully saturated rings. The second kappa shape index (κ2) is 8.94. The summed E-state index contributed by atoms with van der Waals surface area (Å²) >= 11 is 1.22. The number of unbranched alkanes of at least 4 members (excludes halogenated alkanes) is 1. The van der Waals surface area contributed by atoms with Gasteiger partial charge in [0, 0.05) is 6.54 Å². The molecule has 24 heavy (non-hydrogen) atoms. The van der Waals surface area contributed by atoms with E-state index < -0.39 is 11.6 Å². The largest absolute Gasteiger partial charge is 0.377 e. The summed E-state index contributed by atoms with van der Waals surface area (Å²) in [7, 11) is 2.06. The lowest BCUT2D eigenvalue weighted by atomic mass is 10.2. The SMILES string of the molecule is CCCCN(C)C(C)N/C=C\CNc1c(F)cc2scnc2c1F. The Balaban J connectivity index is 1.86. The van der Waals surface area contributed by atoms with Crippen LogP contribution in [0, 0.1) is 11.6 Å². The monoisotopic (exact) mass is 354 g/mol. The fourth-order valence-electron chi connectivity index (χ4n) is 2.25. The van der Waals surface area contributed by atoms with Gasteiger partial charge in [0.15, 0.2) is 11.6 Å². The molecule has 7 heteroatoms. The first-order valence-electron chi connectivity index (χ1n) is 8.11. The van der Waals surface area contributed by atoms with Crippen molar-refractivity contribution >= 4 is 27.2 Å². The highest BCUT2D eigenvalue weighted by atomic mass is 32.1. The van der Waals surface area contributed by atoms with Crippen LogP contribution in [0.15, 0.2) is 23.9 Å². The minimum atomic E-state index is -0.639. The Kier molecular flexibility index (Phi) is 6.93. The average Bonchev–Trinajstić information content (AvgIpc) is 3.03. The number of aromatic nitrogens is 1. The number of nitrogens with one attached hydrogen (secondary N) is 2. The van der Waals surface area contributed by atoms with Crippen molar-refractivity contribution in [3.63, 3.8) is 0 Å². The number of fused-ring (bicyclic) bond motifs is 1. The summed E-state index contributed by atoms with van der Waals surface area (Å²) in [5, 5.41) is 6.01. The van der Waals surface area contributed by atoms with Gasteiger partial charge in [-0.1, -0.05) is 13.3 Å². The maximum absolute atomic E-state index is 14.2. The zero-order chi connectivity index (χ0) is 17.5. The quantitative estimate of drug-likeness (QED) is 0.663. The first-order valence-corrected chi connectivity index (χ1v) is 8.99. The lowest BCUT2D eigenvalue weighted by molar-refractivity contribution is 0.234. The van der Waals surface area contributed by atoms with Crippen LogP contribution < -0.4 is 10.6 Å². The standard InChI is InChI=1S/C17H24F2N4S/c1-4-5-9-23(3)12(2)20-7-6-8-21-16-13(18)10-14-17(15(16)19)22-11-24-14/h6-7,10-12,20-21H,4-5,8-9H2,1-3H3/b7-6-. The van der Waals surface area contributed by atoms with Crippen molar-refractivity contribution in [2.24, 2.45) is 0 Å². The molecule has 0 bridgehead atoms. The molecule has 2 N–H and O–H groups in total. The number of anilines is 1. The molecule has 1 heterocycles. The molecule has 0 radical (unpaired) electrons. The van der Waals surface area contributed by atoms with E-state index in [0.717, 1.165) is 19.4 Å². The smallest absolute Gasteiger partial charge is 0.176 e. The number of hydrogen-bond donors (Lipinski definition) is 2. The van der Waals surface area contributed by atoms with Crippen molar-refractivity contribution in [3.05, 3.63) is 35.5 Å². The summed E-state index contributed by atoms with van der Waals surface area (Å²) in [4.78, 5) is 6.15. The Hall–Kier alpha value is -1.73. The molecule has 0 saturated heterocycles. The highest BCUT2D eigenvalue weighted by Gasteiger charge is 2.14. The Labute approximate surface area is 145 Å². The summed E-state index contributed by atoms with van der Waals surface area (Å²) in [6, 6.07) is 1.31. The third-order valence-electron chi connectivity index (χ3n) is 3.90. The van der Waals surface area contributed by atoms with Crippen LogP contribution in [0.2, 0.25) is 0 Å². The lowest BCUT2D eigenvalue weighted by Gasteiger charge is -2.24. The van der Waals surface area contributed by atoms with Gasteiger partial charge in [-0.05, 0) is 45.3 Å². The van der Waals surface area contributed by atoms with E-state index >= 15 is 0 Å². The topological polar surface area (TPSA) is 40.2 Å². The number of benzene rings is 1. The highest BCUT2D eigenvalue weighted by molar-refractivity contribution is 7.16. The van der Waals surface area contributed by atoms with Crippen LogP contribution in [-0.4, -0.2) is 36.2 Å². The summed E-state index contributed by atoms with van der Waals surface area (Å²) in [6.45, 7) is 5.59. The molecular formula is C17H24F2N4S. The molecule has 2 rings (SSSR count). The molecule has 1 aromatic carbocycles. The molecular weight excluding hydrogens is 330 g/mol. The molecule has 1 atom stereocenters. The van der Waals surface area contributed by atoms with Gasteiger partial charge < -0.3 is 10.6 Å². The summed E-state index contributed by atoms with van der Waals surface area (Å²) in [5.74, 6) is -1.24.